The van der Waals surface area contributed by atoms with E-state index in [0.717, 1.165) is 21.8 Å². The van der Waals surface area contributed by atoms with E-state index in [1.807, 2.05) is 24.3 Å². The summed E-state index contributed by atoms with van der Waals surface area (Å²) < 4.78 is 1.09. The second-order valence-corrected chi connectivity index (χ2v) is 8.25. The standard InChI is InChI=1S/C18H25N5OS2/c1-11-7-3-4-8-13(11)20-17(25)23-22-16(24)12(2)19-18-21-14-9-5-6-10-15(14)26-18/h5-6,9-13H,3-4,7-8H2,1-2H3,(H,19,21)(H,22,24)(H2,20,23,25)/t11-,12-,13+/m1/s1. The van der Waals surface area contributed by atoms with Gasteiger partial charge in [-0.25, -0.2) is 4.98 Å². The van der Waals surface area contributed by atoms with E-state index in [2.05, 4.69) is 33.4 Å². The summed E-state index contributed by atoms with van der Waals surface area (Å²) in [6, 6.07) is 7.84. The maximum Gasteiger partial charge on any atom is 0.260 e. The first-order valence-corrected chi connectivity index (χ1v) is 10.2. The van der Waals surface area contributed by atoms with Crippen LogP contribution in [0.5, 0.6) is 0 Å². The Morgan fingerprint density at radius 3 is 2.81 bits per heavy atom. The lowest BCUT2D eigenvalue weighted by Crippen LogP contribution is -2.54. The van der Waals surface area contributed by atoms with Gasteiger partial charge in [-0.2, -0.15) is 0 Å². The van der Waals surface area contributed by atoms with E-state index in [0.29, 0.717) is 17.1 Å². The van der Waals surface area contributed by atoms with Crippen molar-refractivity contribution in [3.63, 3.8) is 0 Å². The van der Waals surface area contributed by atoms with Gasteiger partial charge in [-0.15, -0.1) is 0 Å². The van der Waals surface area contributed by atoms with Crippen LogP contribution in [0.4, 0.5) is 5.13 Å². The SMILES string of the molecule is C[C@@H]1CCCC[C@@H]1NC(=S)NNC(=O)[C@@H](C)Nc1nc2ccccc2s1. The summed E-state index contributed by atoms with van der Waals surface area (Å²) in [6.07, 6.45) is 4.84. The molecule has 4 N–H and O–H groups in total. The summed E-state index contributed by atoms with van der Waals surface area (Å²) in [7, 11) is 0. The van der Waals surface area contributed by atoms with Gasteiger partial charge in [-0.1, -0.05) is 43.2 Å². The van der Waals surface area contributed by atoms with Crippen molar-refractivity contribution in [1.82, 2.24) is 21.2 Å². The summed E-state index contributed by atoms with van der Waals surface area (Å²) in [4.78, 5) is 16.8. The van der Waals surface area contributed by atoms with E-state index in [4.69, 9.17) is 12.2 Å². The number of carbonyl (C=O) groups excluding carboxylic acids is 1. The Balaban J connectivity index is 1.45. The van der Waals surface area contributed by atoms with Crippen LogP contribution in [-0.2, 0) is 4.79 Å². The van der Waals surface area contributed by atoms with Crippen LogP contribution in [0.1, 0.15) is 39.5 Å². The molecule has 0 spiro atoms. The zero-order chi connectivity index (χ0) is 18.5. The zero-order valence-corrected chi connectivity index (χ0v) is 16.7. The molecular formula is C18H25N5OS2. The highest BCUT2D eigenvalue weighted by molar-refractivity contribution is 7.80. The van der Waals surface area contributed by atoms with Crippen molar-refractivity contribution in [3.05, 3.63) is 24.3 Å². The molecule has 1 aromatic carbocycles. The summed E-state index contributed by atoms with van der Waals surface area (Å²) in [5.74, 6) is 0.406. The largest absolute Gasteiger partial charge is 0.358 e. The Hall–Kier alpha value is -1.93. The van der Waals surface area contributed by atoms with Crippen LogP contribution < -0.4 is 21.5 Å². The predicted molar refractivity (Wildman–Crippen MR) is 111 cm³/mol. The third-order valence-electron chi connectivity index (χ3n) is 4.75. The third kappa shape index (κ3) is 4.82. The number of hydrazine groups is 1. The van der Waals surface area contributed by atoms with Gasteiger partial charge >= 0.3 is 0 Å². The summed E-state index contributed by atoms with van der Waals surface area (Å²) >= 11 is 6.83. The van der Waals surface area contributed by atoms with Gasteiger partial charge in [0.2, 0.25) is 0 Å². The van der Waals surface area contributed by atoms with Gasteiger partial charge in [0.05, 0.1) is 10.2 Å². The van der Waals surface area contributed by atoms with Crippen molar-refractivity contribution >= 4 is 49.9 Å². The Morgan fingerprint density at radius 2 is 2.04 bits per heavy atom. The first-order valence-electron chi connectivity index (χ1n) is 9.01. The van der Waals surface area contributed by atoms with Crippen LogP contribution >= 0.6 is 23.6 Å². The third-order valence-corrected chi connectivity index (χ3v) is 5.94. The molecule has 1 amide bonds. The van der Waals surface area contributed by atoms with Gasteiger partial charge in [0.1, 0.15) is 6.04 Å². The molecule has 140 valence electrons. The quantitative estimate of drug-likeness (QED) is 0.474. The fourth-order valence-electron chi connectivity index (χ4n) is 3.15. The fraction of sp³-hybridized carbons (Fsp3) is 0.500. The monoisotopic (exact) mass is 391 g/mol. The van der Waals surface area contributed by atoms with E-state index in [-0.39, 0.29) is 5.91 Å². The van der Waals surface area contributed by atoms with E-state index >= 15 is 0 Å². The number of hydrogen-bond donors (Lipinski definition) is 4. The second-order valence-electron chi connectivity index (χ2n) is 6.81. The minimum Gasteiger partial charge on any atom is -0.358 e. The van der Waals surface area contributed by atoms with E-state index < -0.39 is 6.04 Å². The molecule has 6 nitrogen and oxygen atoms in total. The number of benzene rings is 1. The number of rotatable bonds is 4. The molecule has 1 fully saturated rings. The lowest BCUT2D eigenvalue weighted by atomic mass is 9.86. The van der Waals surface area contributed by atoms with Gasteiger partial charge < -0.3 is 10.6 Å². The average molecular weight is 392 g/mol. The molecule has 26 heavy (non-hydrogen) atoms. The predicted octanol–water partition coefficient (Wildman–Crippen LogP) is 3.17. The number of amides is 1. The minimum absolute atomic E-state index is 0.190. The highest BCUT2D eigenvalue weighted by atomic mass is 32.1. The first kappa shape index (κ1) is 18.8. The first-order chi connectivity index (χ1) is 12.5. The number of carbonyl (C=O) groups is 1. The van der Waals surface area contributed by atoms with Crippen LogP contribution in [0, 0.1) is 5.92 Å². The number of para-hydroxylation sites is 1. The number of hydrogen-bond acceptors (Lipinski definition) is 5. The molecule has 8 heteroatoms. The second kappa shape index (κ2) is 8.64. The van der Waals surface area contributed by atoms with Crippen molar-refractivity contribution in [1.29, 1.82) is 0 Å². The van der Waals surface area contributed by atoms with Crippen molar-refractivity contribution in [3.8, 4) is 0 Å². The summed E-state index contributed by atoms with van der Waals surface area (Å²) in [5, 5.41) is 7.63. The van der Waals surface area contributed by atoms with E-state index in [1.165, 1.54) is 30.6 Å². The number of thiazole rings is 1. The molecule has 0 unspecified atom stereocenters. The van der Waals surface area contributed by atoms with Gasteiger partial charge in [-0.3, -0.25) is 15.6 Å². The van der Waals surface area contributed by atoms with Gasteiger partial charge in [0.25, 0.3) is 5.91 Å². The molecular weight excluding hydrogens is 366 g/mol. The summed E-state index contributed by atoms with van der Waals surface area (Å²) in [6.45, 7) is 4.03. The average Bonchev–Trinajstić information content (AvgIpc) is 3.03. The molecule has 0 radical (unpaired) electrons. The number of fused-ring (bicyclic) bond motifs is 1. The van der Waals surface area contributed by atoms with Gasteiger partial charge in [0.15, 0.2) is 10.2 Å². The Kier molecular flexibility index (Phi) is 6.26. The molecule has 0 bridgehead atoms. The molecule has 0 saturated heterocycles. The maximum atomic E-state index is 12.3. The zero-order valence-electron chi connectivity index (χ0n) is 15.0. The van der Waals surface area contributed by atoms with Crippen LogP contribution in [0.3, 0.4) is 0 Å². The smallest absolute Gasteiger partial charge is 0.260 e. The van der Waals surface area contributed by atoms with Crippen LogP contribution in [-0.4, -0.2) is 28.1 Å². The normalized spacial score (nSPS) is 21.0. The number of anilines is 1. The molecule has 1 aromatic heterocycles. The van der Waals surface area contributed by atoms with Crippen LogP contribution in [0.25, 0.3) is 10.2 Å². The van der Waals surface area contributed by atoms with Crippen LogP contribution in [0.15, 0.2) is 24.3 Å². The molecule has 0 aliphatic heterocycles. The molecule has 1 saturated carbocycles. The number of thiocarbonyl (C=S) groups is 1. The highest BCUT2D eigenvalue weighted by Crippen LogP contribution is 2.26. The maximum absolute atomic E-state index is 12.3. The Morgan fingerprint density at radius 1 is 1.27 bits per heavy atom. The minimum atomic E-state index is -0.431. The molecule has 3 rings (SSSR count). The van der Waals surface area contributed by atoms with Crippen LogP contribution in [0.2, 0.25) is 0 Å². The van der Waals surface area contributed by atoms with Crippen molar-refractivity contribution in [2.75, 3.05) is 5.32 Å². The van der Waals surface area contributed by atoms with Crippen molar-refractivity contribution < 1.29 is 4.79 Å². The molecule has 1 aliphatic rings. The fourth-order valence-corrected chi connectivity index (χ4v) is 4.30. The topological polar surface area (TPSA) is 78.1 Å². The van der Waals surface area contributed by atoms with E-state index in [9.17, 15) is 4.79 Å². The molecule has 2 aromatic rings. The molecule has 1 aliphatic carbocycles. The molecule has 1 heterocycles. The summed E-state index contributed by atoms with van der Waals surface area (Å²) in [5.41, 5.74) is 6.40. The number of nitrogens with one attached hydrogen (secondary N) is 4. The number of aromatic nitrogens is 1. The van der Waals surface area contributed by atoms with E-state index in [1.54, 1.807) is 6.92 Å². The lowest BCUT2D eigenvalue weighted by Gasteiger charge is -2.30. The van der Waals surface area contributed by atoms with Crippen molar-refractivity contribution in [2.24, 2.45) is 5.92 Å². The number of nitrogens with zero attached hydrogens (tertiary/aromatic N) is 1. The molecule has 3 atom stereocenters. The van der Waals surface area contributed by atoms with Crippen molar-refractivity contribution in [2.45, 2.75) is 51.6 Å². The van der Waals surface area contributed by atoms with Gasteiger partial charge in [0, 0.05) is 6.04 Å². The van der Waals surface area contributed by atoms with Gasteiger partial charge in [-0.05, 0) is 50.0 Å². The highest BCUT2D eigenvalue weighted by Gasteiger charge is 2.22. The Labute approximate surface area is 163 Å². The lowest BCUT2D eigenvalue weighted by molar-refractivity contribution is -0.122. The Bertz CT molecular complexity index is 745.